The molecule has 0 aromatic rings. The van der Waals surface area contributed by atoms with E-state index in [0.717, 1.165) is 12.2 Å². The normalized spacial score (nSPS) is 13.2. The Hall–Kier alpha value is -0.640. The molecular weight excluding hydrogens is 186 g/mol. The summed E-state index contributed by atoms with van der Waals surface area (Å²) in [6.45, 7) is 2.10. The standard InChI is InChI=1S/C9H17NO2S/c1-4-8(7-13-3)10(2)6-5-9(11)12/h5-6,8H,4,7H2,1-3H3,(H,11,12)/b6-5+. The smallest absolute Gasteiger partial charge is 0.329 e. The molecule has 3 nitrogen and oxygen atoms in total. The van der Waals surface area contributed by atoms with Crippen molar-refractivity contribution in [2.45, 2.75) is 19.4 Å². The number of carboxylic acids is 1. The minimum absolute atomic E-state index is 0.422. The summed E-state index contributed by atoms with van der Waals surface area (Å²) in [5.74, 6) is 0.127. The van der Waals surface area contributed by atoms with Crippen molar-refractivity contribution < 1.29 is 9.90 Å². The maximum absolute atomic E-state index is 10.3. The molecule has 0 spiro atoms. The van der Waals surface area contributed by atoms with Crippen molar-refractivity contribution in [3.05, 3.63) is 12.3 Å². The summed E-state index contributed by atoms with van der Waals surface area (Å²) < 4.78 is 0. The first-order valence-corrected chi connectivity index (χ1v) is 5.63. The van der Waals surface area contributed by atoms with Crippen molar-refractivity contribution in [3.63, 3.8) is 0 Å². The van der Waals surface area contributed by atoms with Crippen molar-refractivity contribution in [1.29, 1.82) is 0 Å². The molecule has 0 aliphatic rings. The van der Waals surface area contributed by atoms with E-state index in [2.05, 4.69) is 13.2 Å². The SMILES string of the molecule is CCC(CSC)N(C)/C=C/C(=O)O. The summed E-state index contributed by atoms with van der Waals surface area (Å²) in [4.78, 5) is 12.2. The van der Waals surface area contributed by atoms with E-state index in [1.807, 2.05) is 11.9 Å². The Labute approximate surface area is 83.8 Å². The first kappa shape index (κ1) is 12.4. The van der Waals surface area contributed by atoms with Crippen LogP contribution in [0.5, 0.6) is 0 Å². The van der Waals surface area contributed by atoms with E-state index in [4.69, 9.17) is 5.11 Å². The van der Waals surface area contributed by atoms with Gasteiger partial charge in [-0.25, -0.2) is 4.79 Å². The fourth-order valence-electron chi connectivity index (χ4n) is 1.02. The summed E-state index contributed by atoms with van der Waals surface area (Å²) in [5, 5.41) is 8.43. The lowest BCUT2D eigenvalue weighted by atomic mass is 10.2. The van der Waals surface area contributed by atoms with Gasteiger partial charge in [0.2, 0.25) is 0 Å². The predicted molar refractivity (Wildman–Crippen MR) is 57.0 cm³/mol. The third-order valence-corrected chi connectivity index (χ3v) is 2.58. The highest BCUT2D eigenvalue weighted by Gasteiger charge is 2.07. The van der Waals surface area contributed by atoms with E-state index in [0.29, 0.717) is 6.04 Å². The van der Waals surface area contributed by atoms with Crippen molar-refractivity contribution >= 4 is 17.7 Å². The lowest BCUT2D eigenvalue weighted by Gasteiger charge is -2.24. The Balaban J connectivity index is 4.04. The lowest BCUT2D eigenvalue weighted by Crippen LogP contribution is -2.28. The van der Waals surface area contributed by atoms with Crippen molar-refractivity contribution in [3.8, 4) is 0 Å². The van der Waals surface area contributed by atoms with Gasteiger partial charge in [0, 0.05) is 31.1 Å². The van der Waals surface area contributed by atoms with Gasteiger partial charge in [0.05, 0.1) is 0 Å². The van der Waals surface area contributed by atoms with E-state index < -0.39 is 5.97 Å². The molecule has 76 valence electrons. The molecule has 0 bridgehead atoms. The maximum atomic E-state index is 10.3. The number of hydrogen-bond acceptors (Lipinski definition) is 3. The number of carbonyl (C=O) groups is 1. The molecule has 4 heteroatoms. The number of carboxylic acid groups (broad SMARTS) is 1. The molecule has 0 saturated heterocycles. The van der Waals surface area contributed by atoms with Crippen LogP contribution in [0.3, 0.4) is 0 Å². The van der Waals surface area contributed by atoms with Gasteiger partial charge in [0.1, 0.15) is 0 Å². The zero-order chi connectivity index (χ0) is 10.3. The molecule has 0 radical (unpaired) electrons. The average molecular weight is 203 g/mol. The fraction of sp³-hybridized carbons (Fsp3) is 0.667. The second kappa shape index (κ2) is 6.83. The third-order valence-electron chi connectivity index (χ3n) is 1.86. The molecule has 1 atom stereocenters. The zero-order valence-corrected chi connectivity index (χ0v) is 9.17. The largest absolute Gasteiger partial charge is 0.478 e. The molecule has 0 amide bonds. The quantitative estimate of drug-likeness (QED) is 0.666. The molecule has 1 N–H and O–H groups in total. The topological polar surface area (TPSA) is 40.5 Å². The number of hydrogen-bond donors (Lipinski definition) is 1. The maximum Gasteiger partial charge on any atom is 0.329 e. The Morgan fingerprint density at radius 3 is 2.69 bits per heavy atom. The molecule has 1 unspecified atom stereocenters. The molecule has 0 aromatic heterocycles. The Morgan fingerprint density at radius 1 is 1.69 bits per heavy atom. The molecule has 0 fully saturated rings. The van der Waals surface area contributed by atoms with Gasteiger partial charge in [-0.05, 0) is 12.7 Å². The van der Waals surface area contributed by atoms with Crippen LogP contribution in [-0.4, -0.2) is 41.1 Å². The summed E-state index contributed by atoms with van der Waals surface area (Å²) in [6, 6.07) is 0.422. The summed E-state index contributed by atoms with van der Waals surface area (Å²) in [6.07, 6.45) is 5.87. The Morgan fingerprint density at radius 2 is 2.31 bits per heavy atom. The summed E-state index contributed by atoms with van der Waals surface area (Å²) in [5.41, 5.74) is 0. The van der Waals surface area contributed by atoms with Crippen LogP contribution in [-0.2, 0) is 4.79 Å². The minimum atomic E-state index is -0.897. The van der Waals surface area contributed by atoms with Crippen molar-refractivity contribution in [2.75, 3.05) is 19.1 Å². The predicted octanol–water partition coefficient (Wildman–Crippen LogP) is 1.66. The zero-order valence-electron chi connectivity index (χ0n) is 8.36. The van der Waals surface area contributed by atoms with Crippen LogP contribution in [0.2, 0.25) is 0 Å². The summed E-state index contributed by atoms with van der Waals surface area (Å²) >= 11 is 1.77. The van der Waals surface area contributed by atoms with E-state index in [1.165, 1.54) is 6.08 Å². The monoisotopic (exact) mass is 203 g/mol. The fourth-order valence-corrected chi connectivity index (χ4v) is 1.87. The van der Waals surface area contributed by atoms with E-state index in [9.17, 15) is 4.79 Å². The van der Waals surface area contributed by atoms with Gasteiger partial charge >= 0.3 is 5.97 Å². The Bertz CT molecular complexity index is 182. The van der Waals surface area contributed by atoms with Crippen LogP contribution >= 0.6 is 11.8 Å². The van der Waals surface area contributed by atoms with E-state index in [-0.39, 0.29) is 0 Å². The van der Waals surface area contributed by atoms with Crippen LogP contribution in [0.1, 0.15) is 13.3 Å². The molecule has 0 rings (SSSR count). The van der Waals surface area contributed by atoms with Crippen molar-refractivity contribution in [2.24, 2.45) is 0 Å². The second-order valence-electron chi connectivity index (χ2n) is 2.84. The van der Waals surface area contributed by atoms with Crippen LogP contribution in [0, 0.1) is 0 Å². The number of rotatable bonds is 6. The number of thioether (sulfide) groups is 1. The number of aliphatic carboxylic acids is 1. The van der Waals surface area contributed by atoms with Gasteiger partial charge in [-0.15, -0.1) is 0 Å². The first-order chi connectivity index (χ1) is 6.11. The minimum Gasteiger partial charge on any atom is -0.478 e. The summed E-state index contributed by atoms with van der Waals surface area (Å²) in [7, 11) is 1.91. The van der Waals surface area contributed by atoms with Crippen LogP contribution in [0.15, 0.2) is 12.3 Å². The molecular formula is C9H17NO2S. The van der Waals surface area contributed by atoms with Gasteiger partial charge in [-0.1, -0.05) is 6.92 Å². The average Bonchev–Trinajstić information content (AvgIpc) is 2.10. The van der Waals surface area contributed by atoms with Gasteiger partial charge in [0.15, 0.2) is 0 Å². The van der Waals surface area contributed by atoms with Crippen LogP contribution in [0.25, 0.3) is 0 Å². The second-order valence-corrected chi connectivity index (χ2v) is 3.75. The molecule has 0 aromatic carbocycles. The van der Waals surface area contributed by atoms with Gasteiger partial charge in [-0.2, -0.15) is 11.8 Å². The lowest BCUT2D eigenvalue weighted by molar-refractivity contribution is -0.131. The van der Waals surface area contributed by atoms with E-state index in [1.54, 1.807) is 18.0 Å². The highest BCUT2D eigenvalue weighted by molar-refractivity contribution is 7.98. The first-order valence-electron chi connectivity index (χ1n) is 4.23. The molecule has 0 aliphatic heterocycles. The highest BCUT2D eigenvalue weighted by atomic mass is 32.2. The molecule has 13 heavy (non-hydrogen) atoms. The van der Waals surface area contributed by atoms with Gasteiger partial charge in [-0.3, -0.25) is 0 Å². The molecule has 0 saturated carbocycles. The van der Waals surface area contributed by atoms with E-state index >= 15 is 0 Å². The Kier molecular flexibility index (Phi) is 6.49. The molecule has 0 aliphatic carbocycles. The van der Waals surface area contributed by atoms with Gasteiger partial charge < -0.3 is 10.0 Å². The van der Waals surface area contributed by atoms with Gasteiger partial charge in [0.25, 0.3) is 0 Å². The number of nitrogens with zero attached hydrogens (tertiary/aromatic N) is 1. The molecule has 0 heterocycles. The highest BCUT2D eigenvalue weighted by Crippen LogP contribution is 2.08. The third kappa shape index (κ3) is 5.58. The van der Waals surface area contributed by atoms with Crippen molar-refractivity contribution in [1.82, 2.24) is 4.90 Å². The van der Waals surface area contributed by atoms with Crippen LogP contribution < -0.4 is 0 Å². The van der Waals surface area contributed by atoms with Crippen LogP contribution in [0.4, 0.5) is 0 Å².